The van der Waals surface area contributed by atoms with E-state index in [4.69, 9.17) is 0 Å². The minimum Gasteiger partial charge on any atom is -0.340 e. The van der Waals surface area contributed by atoms with Crippen LogP contribution in [0, 0.1) is 0 Å². The van der Waals surface area contributed by atoms with Gasteiger partial charge in [0.2, 0.25) is 0 Å². The van der Waals surface area contributed by atoms with Crippen molar-refractivity contribution in [3.8, 4) is 0 Å². The minimum absolute atomic E-state index is 0.0937. The predicted molar refractivity (Wildman–Crippen MR) is 97.7 cm³/mol. The van der Waals surface area contributed by atoms with Gasteiger partial charge in [0.25, 0.3) is 5.91 Å². The molecule has 0 aliphatic rings. The largest absolute Gasteiger partial charge is 0.340 e. The molecule has 0 aliphatic carbocycles. The van der Waals surface area contributed by atoms with Crippen molar-refractivity contribution < 1.29 is 4.79 Å². The lowest BCUT2D eigenvalue weighted by molar-refractivity contribution is 0.0787. The van der Waals surface area contributed by atoms with Gasteiger partial charge in [0.1, 0.15) is 11.5 Å². The van der Waals surface area contributed by atoms with Gasteiger partial charge in [-0.15, -0.1) is 0 Å². The van der Waals surface area contributed by atoms with Gasteiger partial charge in [-0.05, 0) is 30.0 Å². The quantitative estimate of drug-likeness (QED) is 0.828. The Hall–Kier alpha value is -2.43. The molecule has 1 N–H and O–H groups in total. The predicted octanol–water partition coefficient (Wildman–Crippen LogP) is 4.22. The Morgan fingerprint density at radius 2 is 1.88 bits per heavy atom. The van der Waals surface area contributed by atoms with Crippen LogP contribution < -0.4 is 5.32 Å². The second-order valence-electron chi connectivity index (χ2n) is 6.27. The summed E-state index contributed by atoms with van der Waals surface area (Å²) in [6.45, 7) is 7.17. The second kappa shape index (κ2) is 8.43. The van der Waals surface area contributed by atoms with Crippen molar-refractivity contribution in [2.24, 2.45) is 0 Å². The van der Waals surface area contributed by atoms with Crippen LogP contribution in [0.5, 0.6) is 0 Å². The van der Waals surface area contributed by atoms with Gasteiger partial charge in [-0.3, -0.25) is 4.79 Å². The summed E-state index contributed by atoms with van der Waals surface area (Å²) in [5.41, 5.74) is 2.62. The molecule has 1 amide bonds. The van der Waals surface area contributed by atoms with Crippen LogP contribution >= 0.6 is 0 Å². The monoisotopic (exact) mass is 326 g/mol. The Bertz CT molecular complexity index is 650. The van der Waals surface area contributed by atoms with Gasteiger partial charge in [0, 0.05) is 19.3 Å². The molecule has 0 saturated carbocycles. The molecule has 0 unspecified atom stereocenters. The average Bonchev–Trinajstić information content (AvgIpc) is 2.60. The highest BCUT2D eigenvalue weighted by atomic mass is 16.2. The average molecular weight is 326 g/mol. The van der Waals surface area contributed by atoms with Gasteiger partial charge >= 0.3 is 0 Å². The Kier molecular flexibility index (Phi) is 6.29. The summed E-state index contributed by atoms with van der Waals surface area (Å²) in [6.07, 6.45) is 5.16. The first-order valence-corrected chi connectivity index (χ1v) is 8.45. The summed E-state index contributed by atoms with van der Waals surface area (Å²) in [4.78, 5) is 22.4. The third-order valence-corrected chi connectivity index (χ3v) is 3.91. The maximum atomic E-state index is 12.2. The summed E-state index contributed by atoms with van der Waals surface area (Å²) in [7, 11) is 1.79. The van der Waals surface area contributed by atoms with Gasteiger partial charge in [-0.1, -0.05) is 39.3 Å². The molecule has 1 aromatic carbocycles. The molecule has 2 aromatic rings. The minimum atomic E-state index is -0.0937. The fraction of sp³-hybridized carbons (Fsp3) is 0.421. The summed E-state index contributed by atoms with van der Waals surface area (Å²) in [5, 5.41) is 3.20. The first-order valence-electron chi connectivity index (χ1n) is 8.45. The number of anilines is 2. The lowest BCUT2D eigenvalue weighted by Crippen LogP contribution is -2.28. The molecule has 1 heterocycles. The second-order valence-corrected chi connectivity index (χ2v) is 6.27. The number of nitrogens with zero attached hydrogens (tertiary/aromatic N) is 3. The number of amides is 1. The molecular formula is C19H26N4O. The highest BCUT2D eigenvalue weighted by Gasteiger charge is 2.13. The molecule has 0 atom stereocenters. The lowest BCUT2D eigenvalue weighted by atomic mass is 10.0. The van der Waals surface area contributed by atoms with E-state index >= 15 is 0 Å². The topological polar surface area (TPSA) is 58.1 Å². The first-order chi connectivity index (χ1) is 11.5. The van der Waals surface area contributed by atoms with Crippen molar-refractivity contribution in [1.29, 1.82) is 0 Å². The van der Waals surface area contributed by atoms with E-state index in [0.29, 0.717) is 17.4 Å². The number of unbranched alkanes of at least 4 members (excludes halogenated alkanes) is 1. The number of benzene rings is 1. The molecule has 0 radical (unpaired) electrons. The molecule has 5 heteroatoms. The van der Waals surface area contributed by atoms with Crippen LogP contribution in [0.1, 0.15) is 55.6 Å². The molecule has 2 rings (SSSR count). The maximum Gasteiger partial charge on any atom is 0.273 e. The van der Waals surface area contributed by atoms with Crippen molar-refractivity contribution in [3.63, 3.8) is 0 Å². The normalized spacial score (nSPS) is 10.7. The number of carbonyl (C=O) groups excluding carboxylic acids is 1. The highest BCUT2D eigenvalue weighted by Crippen LogP contribution is 2.19. The van der Waals surface area contributed by atoms with E-state index < -0.39 is 0 Å². The fourth-order valence-corrected chi connectivity index (χ4v) is 2.29. The van der Waals surface area contributed by atoms with E-state index in [9.17, 15) is 4.79 Å². The Morgan fingerprint density at radius 1 is 1.17 bits per heavy atom. The van der Waals surface area contributed by atoms with Gasteiger partial charge in [0.05, 0.1) is 12.4 Å². The molecule has 0 fully saturated rings. The molecule has 128 valence electrons. The van der Waals surface area contributed by atoms with E-state index in [1.165, 1.54) is 11.8 Å². The molecule has 1 aromatic heterocycles. The maximum absolute atomic E-state index is 12.2. The van der Waals surface area contributed by atoms with Crippen LogP contribution in [0.15, 0.2) is 36.7 Å². The lowest BCUT2D eigenvalue weighted by Gasteiger charge is -2.16. The number of hydrogen-bond donors (Lipinski definition) is 1. The SMILES string of the molecule is CCCCN(C)C(=O)c1cnc(Nc2ccc(C(C)C)cc2)cn1. The smallest absolute Gasteiger partial charge is 0.273 e. The Morgan fingerprint density at radius 3 is 2.42 bits per heavy atom. The van der Waals surface area contributed by atoms with Crippen molar-refractivity contribution in [3.05, 3.63) is 47.9 Å². The number of hydrogen-bond acceptors (Lipinski definition) is 4. The molecular weight excluding hydrogens is 300 g/mol. The van der Waals surface area contributed by atoms with Crippen molar-refractivity contribution in [2.75, 3.05) is 18.9 Å². The van der Waals surface area contributed by atoms with Crippen molar-refractivity contribution in [2.45, 2.75) is 39.5 Å². The Balaban J connectivity index is 2.00. The highest BCUT2D eigenvalue weighted by molar-refractivity contribution is 5.91. The standard InChI is InChI=1S/C19H26N4O/c1-5-6-11-23(4)19(24)17-12-21-18(13-20-17)22-16-9-7-15(8-10-16)14(2)3/h7-10,12-14H,5-6,11H2,1-4H3,(H,21,22). The summed E-state index contributed by atoms with van der Waals surface area (Å²) in [5.74, 6) is 1.04. The first kappa shape index (κ1) is 17.9. The van der Waals surface area contributed by atoms with Crippen LogP contribution in [0.4, 0.5) is 11.5 Å². The third kappa shape index (κ3) is 4.78. The number of nitrogens with one attached hydrogen (secondary N) is 1. The molecule has 0 aliphatic heterocycles. The number of carbonyl (C=O) groups is 1. The molecule has 0 spiro atoms. The summed E-state index contributed by atoms with van der Waals surface area (Å²) in [6, 6.07) is 8.24. The van der Waals surface area contributed by atoms with Crippen molar-refractivity contribution >= 4 is 17.4 Å². The summed E-state index contributed by atoms with van der Waals surface area (Å²) < 4.78 is 0. The van der Waals surface area contributed by atoms with E-state index in [0.717, 1.165) is 25.1 Å². The molecule has 0 saturated heterocycles. The van der Waals surface area contributed by atoms with Gasteiger partial charge < -0.3 is 10.2 Å². The van der Waals surface area contributed by atoms with Gasteiger partial charge in [-0.2, -0.15) is 0 Å². The zero-order valence-electron chi connectivity index (χ0n) is 14.9. The third-order valence-electron chi connectivity index (χ3n) is 3.91. The zero-order valence-corrected chi connectivity index (χ0v) is 14.9. The zero-order chi connectivity index (χ0) is 17.5. The Labute approximate surface area is 144 Å². The van der Waals surface area contributed by atoms with Crippen LogP contribution in [0.25, 0.3) is 0 Å². The summed E-state index contributed by atoms with van der Waals surface area (Å²) >= 11 is 0. The molecule has 24 heavy (non-hydrogen) atoms. The van der Waals surface area contributed by atoms with Crippen LogP contribution in [0.3, 0.4) is 0 Å². The number of rotatable bonds is 7. The van der Waals surface area contributed by atoms with Crippen LogP contribution in [-0.4, -0.2) is 34.4 Å². The fourth-order valence-electron chi connectivity index (χ4n) is 2.29. The van der Waals surface area contributed by atoms with Gasteiger partial charge in [0.15, 0.2) is 0 Å². The molecule has 5 nitrogen and oxygen atoms in total. The van der Waals surface area contributed by atoms with E-state index in [1.54, 1.807) is 18.1 Å². The van der Waals surface area contributed by atoms with E-state index in [1.807, 2.05) is 12.1 Å². The van der Waals surface area contributed by atoms with E-state index in [-0.39, 0.29) is 5.91 Å². The number of aromatic nitrogens is 2. The molecule has 0 bridgehead atoms. The van der Waals surface area contributed by atoms with Crippen molar-refractivity contribution in [1.82, 2.24) is 14.9 Å². The van der Waals surface area contributed by atoms with Crippen LogP contribution in [0.2, 0.25) is 0 Å². The van der Waals surface area contributed by atoms with Gasteiger partial charge in [-0.25, -0.2) is 9.97 Å². The van der Waals surface area contributed by atoms with E-state index in [2.05, 4.69) is 48.2 Å². The van der Waals surface area contributed by atoms with Crippen LogP contribution in [-0.2, 0) is 0 Å².